The molecule has 0 bridgehead atoms. The van der Waals surface area contributed by atoms with Gasteiger partial charge in [-0.2, -0.15) is 18.3 Å². The van der Waals surface area contributed by atoms with Crippen LogP contribution in [-0.2, 0) is 6.54 Å². The number of rotatable bonds is 3. The molecule has 0 spiro atoms. The van der Waals surface area contributed by atoms with Crippen molar-refractivity contribution in [2.45, 2.75) is 32.2 Å². The van der Waals surface area contributed by atoms with Crippen LogP contribution in [0.5, 0.6) is 0 Å². The highest BCUT2D eigenvalue weighted by Gasteiger charge is 2.40. The highest BCUT2D eigenvalue weighted by Crippen LogP contribution is 2.31. The normalized spacial score (nSPS) is 14.4. The first kappa shape index (κ1) is 11.0. The highest BCUT2D eigenvalue weighted by atomic mass is 19.4. The first-order valence-corrected chi connectivity index (χ1v) is 4.22. The third-order valence-electron chi connectivity index (χ3n) is 1.73. The number of alkyl halides is 3. The first-order chi connectivity index (χ1) is 6.45. The average molecular weight is 208 g/mol. The number of aromatic nitrogens is 2. The minimum absolute atomic E-state index is 0.217. The Labute approximate surface area is 79.2 Å². The maximum absolute atomic E-state index is 12.0. The predicted octanol–water partition coefficient (Wildman–Crippen LogP) is 1.89. The smallest absolute Gasteiger partial charge is 0.379 e. The lowest BCUT2D eigenvalue weighted by Crippen LogP contribution is -2.19. The van der Waals surface area contributed by atoms with Gasteiger partial charge in [0.1, 0.15) is 0 Å². The maximum Gasteiger partial charge on any atom is 0.418 e. The average Bonchev–Trinajstić information content (AvgIpc) is 2.50. The zero-order valence-electron chi connectivity index (χ0n) is 7.62. The lowest BCUT2D eigenvalue weighted by Gasteiger charge is -2.11. The fourth-order valence-corrected chi connectivity index (χ4v) is 1.06. The molecule has 0 aliphatic carbocycles. The summed E-state index contributed by atoms with van der Waals surface area (Å²) in [4.78, 5) is 0. The van der Waals surface area contributed by atoms with E-state index >= 15 is 0 Å². The van der Waals surface area contributed by atoms with E-state index in [-0.39, 0.29) is 5.56 Å². The van der Waals surface area contributed by atoms with Crippen LogP contribution in [0.15, 0.2) is 12.4 Å². The zero-order valence-corrected chi connectivity index (χ0v) is 7.62. The highest BCUT2D eigenvalue weighted by molar-refractivity contribution is 5.09. The molecule has 0 radical (unpaired) electrons. The van der Waals surface area contributed by atoms with Crippen LogP contribution in [-0.4, -0.2) is 21.1 Å². The van der Waals surface area contributed by atoms with Gasteiger partial charge >= 0.3 is 6.18 Å². The van der Waals surface area contributed by atoms with Crippen LogP contribution >= 0.6 is 0 Å². The van der Waals surface area contributed by atoms with Crippen LogP contribution < -0.4 is 0 Å². The van der Waals surface area contributed by atoms with Crippen molar-refractivity contribution in [1.82, 2.24) is 9.78 Å². The van der Waals surface area contributed by atoms with Crippen LogP contribution in [0.2, 0.25) is 0 Å². The number of hydrogen-bond donors (Lipinski definition) is 1. The molecule has 1 heterocycles. The SMILES string of the molecule is CCCn1cc(C(O)C(F)(F)F)cn1. The molecule has 0 aromatic carbocycles. The van der Waals surface area contributed by atoms with Gasteiger partial charge in [0.25, 0.3) is 0 Å². The molecule has 0 saturated carbocycles. The van der Waals surface area contributed by atoms with Gasteiger partial charge in [0, 0.05) is 18.3 Å². The quantitative estimate of drug-likeness (QED) is 0.823. The summed E-state index contributed by atoms with van der Waals surface area (Å²) in [6.45, 7) is 2.44. The summed E-state index contributed by atoms with van der Waals surface area (Å²) in [6, 6.07) is 0. The largest absolute Gasteiger partial charge is 0.418 e. The minimum Gasteiger partial charge on any atom is -0.379 e. The van der Waals surface area contributed by atoms with Crippen molar-refractivity contribution in [3.63, 3.8) is 0 Å². The fourth-order valence-electron chi connectivity index (χ4n) is 1.06. The molecule has 6 heteroatoms. The van der Waals surface area contributed by atoms with Gasteiger partial charge in [-0.3, -0.25) is 4.68 Å². The summed E-state index contributed by atoms with van der Waals surface area (Å²) in [5.74, 6) is 0. The maximum atomic E-state index is 12.0. The van der Waals surface area contributed by atoms with E-state index in [1.807, 2.05) is 6.92 Å². The Kier molecular flexibility index (Phi) is 3.15. The first-order valence-electron chi connectivity index (χ1n) is 4.22. The molecular weight excluding hydrogens is 197 g/mol. The third kappa shape index (κ3) is 2.47. The van der Waals surface area contributed by atoms with Crippen LogP contribution in [0, 0.1) is 0 Å². The number of aryl methyl sites for hydroxylation is 1. The van der Waals surface area contributed by atoms with Gasteiger partial charge in [-0.05, 0) is 6.42 Å². The summed E-state index contributed by atoms with van der Waals surface area (Å²) >= 11 is 0. The molecule has 0 amide bonds. The number of aliphatic hydroxyl groups is 1. The number of hydrogen-bond acceptors (Lipinski definition) is 2. The van der Waals surface area contributed by atoms with E-state index in [4.69, 9.17) is 5.11 Å². The molecule has 1 rings (SSSR count). The van der Waals surface area contributed by atoms with E-state index in [1.165, 1.54) is 10.9 Å². The van der Waals surface area contributed by atoms with Crippen molar-refractivity contribution >= 4 is 0 Å². The van der Waals surface area contributed by atoms with Gasteiger partial charge in [0.2, 0.25) is 0 Å². The topological polar surface area (TPSA) is 38.0 Å². The van der Waals surface area contributed by atoms with E-state index in [0.29, 0.717) is 6.54 Å². The van der Waals surface area contributed by atoms with E-state index in [2.05, 4.69) is 5.10 Å². The zero-order chi connectivity index (χ0) is 10.8. The van der Waals surface area contributed by atoms with Gasteiger partial charge in [-0.1, -0.05) is 6.92 Å². The van der Waals surface area contributed by atoms with E-state index < -0.39 is 12.3 Å². The Morgan fingerprint density at radius 1 is 1.57 bits per heavy atom. The molecule has 0 aliphatic heterocycles. The summed E-state index contributed by atoms with van der Waals surface area (Å²) in [6.07, 6.45) is -4.04. The molecule has 1 aromatic heterocycles. The summed E-state index contributed by atoms with van der Waals surface area (Å²) in [5.41, 5.74) is -0.217. The summed E-state index contributed by atoms with van der Waals surface area (Å²) in [7, 11) is 0. The van der Waals surface area contributed by atoms with Gasteiger partial charge in [0.05, 0.1) is 6.20 Å². The second-order valence-electron chi connectivity index (χ2n) is 2.98. The molecule has 14 heavy (non-hydrogen) atoms. The van der Waals surface area contributed by atoms with Crippen molar-refractivity contribution in [1.29, 1.82) is 0 Å². The standard InChI is InChI=1S/C8H11F3N2O/c1-2-3-13-5-6(4-12-13)7(14)8(9,10)11/h4-5,7,14H,2-3H2,1H3. The molecule has 1 atom stereocenters. The molecule has 3 nitrogen and oxygen atoms in total. The Hall–Kier alpha value is -1.04. The van der Waals surface area contributed by atoms with Crippen molar-refractivity contribution in [2.24, 2.45) is 0 Å². The predicted molar refractivity (Wildman–Crippen MR) is 43.5 cm³/mol. The van der Waals surface area contributed by atoms with Gasteiger partial charge in [0.15, 0.2) is 6.10 Å². The van der Waals surface area contributed by atoms with E-state index in [9.17, 15) is 13.2 Å². The molecule has 0 fully saturated rings. The van der Waals surface area contributed by atoms with Crippen molar-refractivity contribution in [3.05, 3.63) is 18.0 Å². The number of nitrogens with zero attached hydrogens (tertiary/aromatic N) is 2. The Morgan fingerprint density at radius 3 is 2.71 bits per heavy atom. The molecule has 1 aromatic rings. The monoisotopic (exact) mass is 208 g/mol. The van der Waals surface area contributed by atoms with Crippen LogP contribution in [0.4, 0.5) is 13.2 Å². The number of halogens is 3. The molecule has 0 saturated heterocycles. The van der Waals surface area contributed by atoms with Crippen LogP contribution in [0.25, 0.3) is 0 Å². The lowest BCUT2D eigenvalue weighted by molar-refractivity contribution is -0.206. The lowest BCUT2D eigenvalue weighted by atomic mass is 10.2. The van der Waals surface area contributed by atoms with Crippen LogP contribution in [0.3, 0.4) is 0 Å². The molecule has 1 N–H and O–H groups in total. The van der Waals surface area contributed by atoms with Crippen molar-refractivity contribution < 1.29 is 18.3 Å². The van der Waals surface area contributed by atoms with Crippen LogP contribution in [0.1, 0.15) is 25.0 Å². The Morgan fingerprint density at radius 2 is 2.21 bits per heavy atom. The number of aliphatic hydroxyl groups excluding tert-OH is 1. The second kappa shape index (κ2) is 4.00. The Balaban J connectivity index is 2.76. The molecule has 0 aliphatic rings. The van der Waals surface area contributed by atoms with Gasteiger partial charge < -0.3 is 5.11 Å². The van der Waals surface area contributed by atoms with Crippen molar-refractivity contribution in [3.8, 4) is 0 Å². The molecular formula is C8H11F3N2O. The third-order valence-corrected chi connectivity index (χ3v) is 1.73. The second-order valence-corrected chi connectivity index (χ2v) is 2.98. The summed E-state index contributed by atoms with van der Waals surface area (Å²) < 4.78 is 37.5. The van der Waals surface area contributed by atoms with Gasteiger partial charge in [-0.25, -0.2) is 0 Å². The summed E-state index contributed by atoms with van der Waals surface area (Å²) in [5, 5.41) is 12.6. The molecule has 80 valence electrons. The minimum atomic E-state index is -4.62. The van der Waals surface area contributed by atoms with E-state index in [1.54, 1.807) is 0 Å². The van der Waals surface area contributed by atoms with E-state index in [0.717, 1.165) is 12.6 Å². The Bertz CT molecular complexity index is 295. The van der Waals surface area contributed by atoms with Gasteiger partial charge in [-0.15, -0.1) is 0 Å². The fraction of sp³-hybridized carbons (Fsp3) is 0.625. The van der Waals surface area contributed by atoms with Crippen molar-refractivity contribution in [2.75, 3.05) is 0 Å². The molecule has 1 unspecified atom stereocenters.